The molecule has 2 aliphatic rings. The van der Waals surface area contributed by atoms with E-state index in [-0.39, 0.29) is 30.5 Å². The van der Waals surface area contributed by atoms with Crippen LogP contribution in [0.5, 0.6) is 11.5 Å². The molecule has 1 amide bonds. The third-order valence-electron chi connectivity index (χ3n) is 5.21. The van der Waals surface area contributed by atoms with Crippen molar-refractivity contribution in [3.63, 3.8) is 0 Å². The molecule has 1 saturated carbocycles. The summed E-state index contributed by atoms with van der Waals surface area (Å²) >= 11 is 0. The highest BCUT2D eigenvalue weighted by Gasteiger charge is 2.27. The summed E-state index contributed by atoms with van der Waals surface area (Å²) in [4.78, 5) is 15.1. The zero-order valence-corrected chi connectivity index (χ0v) is 16.6. The van der Waals surface area contributed by atoms with Crippen LogP contribution in [-0.2, 0) is 0 Å². The maximum Gasteiger partial charge on any atom is 0.254 e. The van der Waals surface area contributed by atoms with E-state index in [2.05, 4.69) is 12.2 Å². The predicted octanol–water partition coefficient (Wildman–Crippen LogP) is 3.65. The van der Waals surface area contributed by atoms with Crippen molar-refractivity contribution < 1.29 is 14.3 Å². The molecule has 1 aromatic carbocycles. The van der Waals surface area contributed by atoms with Crippen LogP contribution in [0.1, 0.15) is 55.8 Å². The Morgan fingerprint density at radius 1 is 1.23 bits per heavy atom. The fraction of sp³-hybridized carbons (Fsp3) is 0.650. The molecule has 2 fully saturated rings. The number of benzene rings is 1. The van der Waals surface area contributed by atoms with Crippen LogP contribution in [0.2, 0.25) is 0 Å². The van der Waals surface area contributed by atoms with Gasteiger partial charge < -0.3 is 19.7 Å². The molecular weight excluding hydrogens is 352 g/mol. The number of carbonyl (C=O) groups is 1. The zero-order chi connectivity index (χ0) is 17.6. The molecule has 1 unspecified atom stereocenters. The van der Waals surface area contributed by atoms with E-state index in [1.54, 1.807) is 7.11 Å². The number of nitrogens with zero attached hydrogens (tertiary/aromatic N) is 1. The van der Waals surface area contributed by atoms with Crippen molar-refractivity contribution >= 4 is 18.3 Å². The molecule has 1 aromatic rings. The minimum atomic E-state index is 0. The molecule has 6 heteroatoms. The summed E-state index contributed by atoms with van der Waals surface area (Å²) in [6.45, 7) is 4.76. The van der Waals surface area contributed by atoms with Gasteiger partial charge in [0.25, 0.3) is 5.91 Å². The average Bonchev–Trinajstić information content (AvgIpc) is 3.33. The standard InChI is InChI=1S/C20H30N2O3.ClH/c1-3-12-22(16-10-11-21-14-16)20(23)15-8-9-18(19(13-15)24-2)25-17-6-4-5-7-17;/h8-9,13,16-17,21H,3-7,10-12,14H2,1-2H3;1H. The summed E-state index contributed by atoms with van der Waals surface area (Å²) in [5.74, 6) is 1.48. The van der Waals surface area contributed by atoms with Crippen molar-refractivity contribution in [3.8, 4) is 11.5 Å². The average molecular weight is 383 g/mol. The monoisotopic (exact) mass is 382 g/mol. The molecular formula is C20H31ClN2O3. The van der Waals surface area contributed by atoms with E-state index in [1.807, 2.05) is 23.1 Å². The molecule has 1 aliphatic carbocycles. The normalized spacial score (nSPS) is 19.8. The van der Waals surface area contributed by atoms with Crippen LogP contribution in [0.15, 0.2) is 18.2 Å². The third-order valence-corrected chi connectivity index (χ3v) is 5.21. The van der Waals surface area contributed by atoms with Crippen LogP contribution >= 0.6 is 12.4 Å². The van der Waals surface area contributed by atoms with Crippen LogP contribution in [0.25, 0.3) is 0 Å². The summed E-state index contributed by atoms with van der Waals surface area (Å²) in [6, 6.07) is 5.88. The van der Waals surface area contributed by atoms with Gasteiger partial charge in [-0.3, -0.25) is 4.79 Å². The molecule has 146 valence electrons. The number of carbonyl (C=O) groups excluding carboxylic acids is 1. The topological polar surface area (TPSA) is 50.8 Å². The highest BCUT2D eigenvalue weighted by Crippen LogP contribution is 2.33. The van der Waals surface area contributed by atoms with Crippen LogP contribution in [0, 0.1) is 0 Å². The maximum absolute atomic E-state index is 13.0. The molecule has 1 saturated heterocycles. The molecule has 0 bridgehead atoms. The first-order valence-electron chi connectivity index (χ1n) is 9.59. The number of amides is 1. The van der Waals surface area contributed by atoms with Crippen molar-refractivity contribution in [2.45, 2.75) is 57.6 Å². The number of ether oxygens (including phenoxy) is 2. The van der Waals surface area contributed by atoms with Crippen LogP contribution in [0.4, 0.5) is 0 Å². The Morgan fingerprint density at radius 3 is 2.62 bits per heavy atom. The molecule has 1 aliphatic heterocycles. The molecule has 1 N–H and O–H groups in total. The molecule has 0 aromatic heterocycles. The van der Waals surface area contributed by atoms with Crippen molar-refractivity contribution in [2.24, 2.45) is 0 Å². The highest BCUT2D eigenvalue weighted by molar-refractivity contribution is 5.95. The quantitative estimate of drug-likeness (QED) is 0.782. The van der Waals surface area contributed by atoms with Gasteiger partial charge >= 0.3 is 0 Å². The molecule has 1 atom stereocenters. The fourth-order valence-corrected chi connectivity index (χ4v) is 3.85. The Morgan fingerprint density at radius 2 is 2.00 bits per heavy atom. The first kappa shape index (κ1) is 20.8. The van der Waals surface area contributed by atoms with Gasteiger partial charge in [0.05, 0.1) is 13.2 Å². The van der Waals surface area contributed by atoms with Crippen molar-refractivity contribution in [1.29, 1.82) is 0 Å². The predicted molar refractivity (Wildman–Crippen MR) is 106 cm³/mol. The van der Waals surface area contributed by atoms with Gasteiger partial charge in [0.1, 0.15) is 0 Å². The van der Waals surface area contributed by atoms with E-state index >= 15 is 0 Å². The maximum atomic E-state index is 13.0. The van der Waals surface area contributed by atoms with Gasteiger partial charge in [0.2, 0.25) is 0 Å². The highest BCUT2D eigenvalue weighted by atomic mass is 35.5. The Kier molecular flexibility index (Phi) is 8.04. The van der Waals surface area contributed by atoms with Gasteiger partial charge in [-0.05, 0) is 63.3 Å². The third kappa shape index (κ3) is 4.83. The van der Waals surface area contributed by atoms with E-state index in [0.717, 1.165) is 51.1 Å². The summed E-state index contributed by atoms with van der Waals surface area (Å²) in [7, 11) is 1.63. The van der Waals surface area contributed by atoms with E-state index in [4.69, 9.17) is 9.47 Å². The van der Waals surface area contributed by atoms with Crippen molar-refractivity contribution in [1.82, 2.24) is 10.2 Å². The number of hydrogen-bond donors (Lipinski definition) is 1. The molecule has 0 spiro atoms. The molecule has 5 nitrogen and oxygen atoms in total. The lowest BCUT2D eigenvalue weighted by atomic mass is 10.1. The molecule has 3 rings (SSSR count). The van der Waals surface area contributed by atoms with E-state index in [1.165, 1.54) is 12.8 Å². The van der Waals surface area contributed by atoms with Gasteiger partial charge in [-0.25, -0.2) is 0 Å². The van der Waals surface area contributed by atoms with Crippen molar-refractivity contribution in [3.05, 3.63) is 23.8 Å². The first-order valence-corrected chi connectivity index (χ1v) is 9.59. The Hall–Kier alpha value is -1.46. The number of hydrogen-bond acceptors (Lipinski definition) is 4. The summed E-state index contributed by atoms with van der Waals surface area (Å²) in [5.41, 5.74) is 0.677. The number of halogens is 1. The van der Waals surface area contributed by atoms with E-state index < -0.39 is 0 Å². The lowest BCUT2D eigenvalue weighted by molar-refractivity contribution is 0.0691. The fourth-order valence-electron chi connectivity index (χ4n) is 3.85. The van der Waals surface area contributed by atoms with Gasteiger partial charge in [-0.1, -0.05) is 6.92 Å². The number of nitrogens with one attached hydrogen (secondary N) is 1. The summed E-state index contributed by atoms with van der Waals surface area (Å²) < 4.78 is 11.6. The van der Waals surface area contributed by atoms with Crippen LogP contribution in [0.3, 0.4) is 0 Å². The summed E-state index contributed by atoms with van der Waals surface area (Å²) in [6.07, 6.45) is 6.91. The van der Waals surface area contributed by atoms with Crippen molar-refractivity contribution in [2.75, 3.05) is 26.7 Å². The van der Waals surface area contributed by atoms with Crippen LogP contribution < -0.4 is 14.8 Å². The lowest BCUT2D eigenvalue weighted by Gasteiger charge is -2.28. The Labute approximate surface area is 162 Å². The SMILES string of the molecule is CCCN(C(=O)c1ccc(OC2CCCC2)c(OC)c1)C1CCNC1.Cl. The summed E-state index contributed by atoms with van der Waals surface area (Å²) in [5, 5.41) is 3.35. The van der Waals surface area contributed by atoms with Gasteiger partial charge in [-0.15, -0.1) is 12.4 Å². The number of rotatable bonds is 7. The second-order valence-electron chi connectivity index (χ2n) is 7.04. The Balaban J connectivity index is 0.00000243. The van der Waals surface area contributed by atoms with Gasteiger partial charge in [-0.2, -0.15) is 0 Å². The van der Waals surface area contributed by atoms with Gasteiger partial charge in [0, 0.05) is 24.7 Å². The molecule has 26 heavy (non-hydrogen) atoms. The largest absolute Gasteiger partial charge is 0.493 e. The lowest BCUT2D eigenvalue weighted by Crippen LogP contribution is -2.42. The van der Waals surface area contributed by atoms with E-state index in [0.29, 0.717) is 11.3 Å². The number of methoxy groups -OCH3 is 1. The van der Waals surface area contributed by atoms with E-state index in [9.17, 15) is 4.79 Å². The second-order valence-corrected chi connectivity index (χ2v) is 7.04. The minimum absolute atomic E-state index is 0. The smallest absolute Gasteiger partial charge is 0.254 e. The molecule has 1 heterocycles. The first-order chi connectivity index (χ1) is 12.2. The van der Waals surface area contributed by atoms with Gasteiger partial charge in [0.15, 0.2) is 11.5 Å². The zero-order valence-electron chi connectivity index (χ0n) is 15.8. The minimum Gasteiger partial charge on any atom is -0.493 e. The molecule has 0 radical (unpaired) electrons. The second kappa shape index (κ2) is 10.0. The van der Waals surface area contributed by atoms with Crippen LogP contribution in [-0.4, -0.2) is 49.7 Å². The Bertz CT molecular complexity index is 584.